The number of aromatic hydroxyl groups is 1. The number of phenolic OH excluding ortho intramolecular Hbond substituents is 1. The van der Waals surface area contributed by atoms with Crippen LogP contribution in [0.15, 0.2) is 18.2 Å². The Balaban J connectivity index is -0.000000332. The Bertz CT molecular complexity index is 364. The molecule has 0 heterocycles. The Morgan fingerprint density at radius 1 is 1.28 bits per heavy atom. The molecule has 0 aliphatic heterocycles. The molecular weight excluding hydrogens is 290 g/mol. The molecule has 0 saturated heterocycles. The number of hydrogen-bond donors (Lipinski definition) is 1. The third kappa shape index (κ3) is 13.7. The van der Waals surface area contributed by atoms with Crippen molar-refractivity contribution >= 4 is 12.4 Å². The second-order valence-electron chi connectivity index (χ2n) is 3.05. The van der Waals surface area contributed by atoms with Crippen LogP contribution in [-0.2, 0) is 6.42 Å². The molecule has 7 heteroatoms. The van der Waals surface area contributed by atoms with Crippen LogP contribution in [0.1, 0.15) is 29.3 Å². The van der Waals surface area contributed by atoms with Crippen molar-refractivity contribution in [1.82, 2.24) is 0 Å². The summed E-state index contributed by atoms with van der Waals surface area (Å²) in [7, 11) is 0. The zero-order chi connectivity index (χ0) is 12.6. The van der Waals surface area contributed by atoms with Crippen molar-refractivity contribution in [2.45, 2.75) is 19.8 Å². The summed E-state index contributed by atoms with van der Waals surface area (Å²) < 4.78 is 0. The second kappa shape index (κ2) is 14.6. The first-order valence-corrected chi connectivity index (χ1v) is 4.65. The SMILES string of the molecule is CCCc1cc(O)cc(C=O)c1.O=C([O-])[O-].[K+].[K+]. The van der Waals surface area contributed by atoms with Gasteiger partial charge in [0.25, 0.3) is 0 Å². The minimum absolute atomic E-state index is 0. The predicted molar refractivity (Wildman–Crippen MR) is 52.9 cm³/mol. The van der Waals surface area contributed by atoms with E-state index in [2.05, 4.69) is 6.92 Å². The molecule has 0 aliphatic rings. The van der Waals surface area contributed by atoms with Gasteiger partial charge in [0.05, 0.1) is 0 Å². The molecule has 1 aromatic carbocycles. The van der Waals surface area contributed by atoms with Crippen molar-refractivity contribution in [2.24, 2.45) is 0 Å². The summed E-state index contributed by atoms with van der Waals surface area (Å²) in [6, 6.07) is 4.96. The van der Waals surface area contributed by atoms with Gasteiger partial charge in [-0.25, -0.2) is 0 Å². The molecule has 0 aromatic heterocycles. The molecule has 18 heavy (non-hydrogen) atoms. The van der Waals surface area contributed by atoms with Gasteiger partial charge in [0, 0.05) is 5.56 Å². The van der Waals surface area contributed by atoms with Crippen molar-refractivity contribution in [3.05, 3.63) is 29.3 Å². The monoisotopic (exact) mass is 302 g/mol. The first-order chi connectivity index (χ1) is 7.49. The number of phenols is 1. The quantitative estimate of drug-likeness (QED) is 0.442. The Hall–Kier alpha value is 1.23. The molecule has 1 N–H and O–H groups in total. The Kier molecular flexibility index (Phi) is 19.7. The van der Waals surface area contributed by atoms with Gasteiger partial charge in [-0.3, -0.25) is 4.79 Å². The third-order valence-corrected chi connectivity index (χ3v) is 1.67. The fourth-order valence-electron chi connectivity index (χ4n) is 1.20. The number of hydrogen-bond acceptors (Lipinski definition) is 5. The van der Waals surface area contributed by atoms with Crippen LogP contribution in [-0.4, -0.2) is 17.5 Å². The fourth-order valence-corrected chi connectivity index (χ4v) is 1.20. The Labute approximate surface area is 191 Å². The van der Waals surface area contributed by atoms with E-state index in [1.165, 1.54) is 6.07 Å². The minimum Gasteiger partial charge on any atom is -0.652 e. The molecule has 0 saturated carbocycles. The van der Waals surface area contributed by atoms with E-state index >= 15 is 0 Å². The normalized spacial score (nSPS) is 7.83. The van der Waals surface area contributed by atoms with Crippen molar-refractivity contribution in [3.63, 3.8) is 0 Å². The molecule has 0 amide bonds. The van der Waals surface area contributed by atoms with Crippen LogP contribution in [0.4, 0.5) is 4.79 Å². The van der Waals surface area contributed by atoms with Gasteiger partial charge in [0.1, 0.15) is 12.0 Å². The minimum atomic E-state index is -2.33. The molecule has 1 rings (SSSR count). The zero-order valence-electron chi connectivity index (χ0n) is 10.8. The van der Waals surface area contributed by atoms with E-state index in [9.17, 15) is 9.90 Å². The maximum atomic E-state index is 10.4. The van der Waals surface area contributed by atoms with E-state index in [-0.39, 0.29) is 109 Å². The number of aldehydes is 1. The predicted octanol–water partition coefficient (Wildman–Crippen LogP) is -6.28. The summed E-state index contributed by atoms with van der Waals surface area (Å²) in [5, 5.41) is 25.9. The molecule has 1 aromatic rings. The Morgan fingerprint density at radius 3 is 2.17 bits per heavy atom. The summed E-state index contributed by atoms with van der Waals surface area (Å²) >= 11 is 0. The molecule has 0 spiro atoms. The zero-order valence-corrected chi connectivity index (χ0v) is 17.1. The van der Waals surface area contributed by atoms with Crippen LogP contribution in [0.3, 0.4) is 0 Å². The summed E-state index contributed by atoms with van der Waals surface area (Å²) in [6.07, 6.45) is 0.329. The van der Waals surface area contributed by atoms with Crippen LogP contribution in [0.5, 0.6) is 5.75 Å². The third-order valence-electron chi connectivity index (χ3n) is 1.67. The van der Waals surface area contributed by atoms with Crippen LogP contribution in [0, 0.1) is 0 Å². The molecule has 0 atom stereocenters. The van der Waals surface area contributed by atoms with Gasteiger partial charge in [-0.1, -0.05) is 13.3 Å². The molecule has 0 unspecified atom stereocenters. The first-order valence-electron chi connectivity index (χ1n) is 4.65. The van der Waals surface area contributed by atoms with Crippen molar-refractivity contribution in [1.29, 1.82) is 0 Å². The molecular formula is C11H12K2O5. The number of rotatable bonds is 3. The standard InChI is InChI=1S/C10H12O2.CH2O3.2K/c1-2-3-8-4-9(7-11)6-10(12)5-8;2-1(3)4;;/h4-7,12H,2-3H2,1H3;(H2,2,3,4);;/q;;2*+1/p-2. The molecule has 0 fully saturated rings. The molecule has 88 valence electrons. The number of carboxylic acid groups (broad SMARTS) is 2. The van der Waals surface area contributed by atoms with Crippen molar-refractivity contribution in [2.75, 3.05) is 0 Å². The second-order valence-corrected chi connectivity index (χ2v) is 3.05. The van der Waals surface area contributed by atoms with Gasteiger partial charge in [0.15, 0.2) is 0 Å². The number of aryl methyl sites for hydroxylation is 1. The van der Waals surface area contributed by atoms with Crippen molar-refractivity contribution < 1.29 is 128 Å². The van der Waals surface area contributed by atoms with E-state index in [0.29, 0.717) is 5.56 Å². The van der Waals surface area contributed by atoms with Gasteiger partial charge in [0.2, 0.25) is 0 Å². The van der Waals surface area contributed by atoms with Gasteiger partial charge in [-0.2, -0.15) is 0 Å². The Morgan fingerprint density at radius 2 is 1.78 bits per heavy atom. The van der Waals surface area contributed by atoms with Crippen LogP contribution < -0.4 is 113 Å². The first kappa shape index (κ1) is 24.3. The largest absolute Gasteiger partial charge is 1.00 e. The van der Waals surface area contributed by atoms with Gasteiger partial charge >= 0.3 is 103 Å². The summed E-state index contributed by atoms with van der Waals surface area (Å²) in [5.74, 6) is 0.169. The number of carbonyl (C=O) groups is 2. The van der Waals surface area contributed by atoms with Gasteiger partial charge < -0.3 is 20.1 Å². The van der Waals surface area contributed by atoms with E-state index in [0.717, 1.165) is 24.7 Å². The van der Waals surface area contributed by atoms with Crippen molar-refractivity contribution in [3.8, 4) is 5.75 Å². The molecule has 5 nitrogen and oxygen atoms in total. The smallest absolute Gasteiger partial charge is 0.652 e. The van der Waals surface area contributed by atoms with Crippen LogP contribution in [0.2, 0.25) is 0 Å². The number of benzene rings is 1. The summed E-state index contributed by atoms with van der Waals surface area (Å²) in [4.78, 5) is 18.7. The van der Waals surface area contributed by atoms with E-state index < -0.39 is 6.16 Å². The van der Waals surface area contributed by atoms with E-state index in [1.54, 1.807) is 12.1 Å². The topological polar surface area (TPSA) is 100 Å². The average molecular weight is 302 g/mol. The van der Waals surface area contributed by atoms with Crippen LogP contribution in [0.25, 0.3) is 0 Å². The molecule has 0 bridgehead atoms. The fraction of sp³-hybridized carbons (Fsp3) is 0.273. The number of carbonyl (C=O) groups excluding carboxylic acids is 2. The molecule has 0 aliphatic carbocycles. The van der Waals surface area contributed by atoms with Gasteiger partial charge in [-0.05, 0) is 36.3 Å². The molecule has 0 radical (unpaired) electrons. The van der Waals surface area contributed by atoms with E-state index in [4.69, 9.17) is 15.0 Å². The van der Waals surface area contributed by atoms with E-state index in [1.807, 2.05) is 0 Å². The average Bonchev–Trinajstić information content (AvgIpc) is 2.16. The maximum absolute atomic E-state index is 10.4. The maximum Gasteiger partial charge on any atom is 1.00 e. The summed E-state index contributed by atoms with van der Waals surface area (Å²) in [6.45, 7) is 2.06. The van der Waals surface area contributed by atoms with Crippen LogP contribution >= 0.6 is 0 Å². The summed E-state index contributed by atoms with van der Waals surface area (Å²) in [5.41, 5.74) is 1.55. The van der Waals surface area contributed by atoms with Gasteiger partial charge in [-0.15, -0.1) is 0 Å².